The lowest BCUT2D eigenvalue weighted by atomic mass is 10.0. The average molecular weight is 495 g/mol. The minimum Gasteiger partial charge on any atom is -0.389 e. The molecule has 10 nitrogen and oxygen atoms in total. The Hall–Kier alpha value is -3.41. The van der Waals surface area contributed by atoms with Gasteiger partial charge in [0, 0.05) is 35.8 Å². The molecule has 1 aliphatic heterocycles. The number of aryl methyl sites for hydroxylation is 3. The molecule has 1 atom stereocenters. The molecule has 0 bridgehead atoms. The molecule has 0 aromatic carbocycles. The lowest BCUT2D eigenvalue weighted by Crippen LogP contribution is -2.30. The highest BCUT2D eigenvalue weighted by molar-refractivity contribution is 7.19. The molecular formula is C24H26N6O4S. The van der Waals surface area contributed by atoms with Gasteiger partial charge in [-0.25, -0.2) is 19.4 Å². The number of carbonyl (C=O) groups excluding carboxylic acids is 1. The second-order valence-electron chi connectivity index (χ2n) is 8.58. The zero-order chi connectivity index (χ0) is 24.9. The first-order valence-electron chi connectivity index (χ1n) is 11.4. The van der Waals surface area contributed by atoms with Crippen molar-refractivity contribution in [1.29, 1.82) is 0 Å². The number of aromatic nitrogens is 5. The quantitative estimate of drug-likeness (QED) is 0.452. The van der Waals surface area contributed by atoms with Crippen LogP contribution in [0, 0.1) is 13.8 Å². The SMILES string of the molecule is CCc1nn(C)c(=O)c2c(C(=O)N3CC(O)CO3)c(Cc3c(C)nn(-c4ccccn4)c3C)sc12. The molecule has 11 heteroatoms. The van der Waals surface area contributed by atoms with Crippen molar-refractivity contribution < 1.29 is 14.7 Å². The molecule has 4 aromatic heterocycles. The number of hydrogen-bond donors (Lipinski definition) is 1. The van der Waals surface area contributed by atoms with E-state index in [1.807, 2.05) is 39.0 Å². The molecule has 0 spiro atoms. The fourth-order valence-corrected chi connectivity index (χ4v) is 5.78. The smallest absolute Gasteiger partial charge is 0.279 e. The molecule has 35 heavy (non-hydrogen) atoms. The second-order valence-corrected chi connectivity index (χ2v) is 9.68. The number of carbonyl (C=O) groups is 1. The Kier molecular flexibility index (Phi) is 5.99. The van der Waals surface area contributed by atoms with E-state index in [2.05, 4.69) is 15.2 Å². The predicted octanol–water partition coefficient (Wildman–Crippen LogP) is 2.09. The Labute approximate surface area is 205 Å². The van der Waals surface area contributed by atoms with Gasteiger partial charge >= 0.3 is 0 Å². The van der Waals surface area contributed by atoms with Crippen molar-refractivity contribution >= 4 is 27.3 Å². The summed E-state index contributed by atoms with van der Waals surface area (Å²) in [4.78, 5) is 37.4. The molecule has 0 aliphatic carbocycles. The van der Waals surface area contributed by atoms with Gasteiger partial charge in [-0.1, -0.05) is 13.0 Å². The number of hydroxylamine groups is 2. The Morgan fingerprint density at radius 3 is 2.74 bits per heavy atom. The van der Waals surface area contributed by atoms with Crippen LogP contribution in [-0.2, 0) is 24.7 Å². The molecule has 1 fully saturated rings. The van der Waals surface area contributed by atoms with Gasteiger partial charge in [-0.05, 0) is 32.4 Å². The number of pyridine rings is 1. The maximum absolute atomic E-state index is 13.6. The summed E-state index contributed by atoms with van der Waals surface area (Å²) in [5.41, 5.74) is 3.42. The number of β-amino-alcohol motifs (C(OH)–C–C–N with tert-alkyl or cyclic N) is 1. The number of hydrogen-bond acceptors (Lipinski definition) is 8. The molecule has 182 valence electrons. The Bertz CT molecular complexity index is 1490. The Morgan fingerprint density at radius 2 is 2.09 bits per heavy atom. The molecule has 5 rings (SSSR count). The maximum atomic E-state index is 13.6. The monoisotopic (exact) mass is 494 g/mol. The van der Waals surface area contributed by atoms with Crippen molar-refractivity contribution in [2.75, 3.05) is 13.2 Å². The van der Waals surface area contributed by atoms with Crippen LogP contribution in [0.3, 0.4) is 0 Å². The maximum Gasteiger partial charge on any atom is 0.279 e. The van der Waals surface area contributed by atoms with Crippen molar-refractivity contribution in [1.82, 2.24) is 29.6 Å². The summed E-state index contributed by atoms with van der Waals surface area (Å²) >= 11 is 1.41. The number of thiophene rings is 1. The average Bonchev–Trinajstić information content (AvgIpc) is 3.53. The molecule has 1 amide bonds. The number of aliphatic hydroxyl groups excluding tert-OH is 1. The minimum absolute atomic E-state index is 0.0397. The highest BCUT2D eigenvalue weighted by Crippen LogP contribution is 2.35. The third kappa shape index (κ3) is 3.95. The normalized spacial score (nSPS) is 15.9. The Balaban J connectivity index is 1.68. The van der Waals surface area contributed by atoms with E-state index in [1.54, 1.807) is 17.9 Å². The van der Waals surface area contributed by atoms with Crippen LogP contribution in [0.25, 0.3) is 15.9 Å². The summed E-state index contributed by atoms with van der Waals surface area (Å²) in [6.45, 7) is 5.96. The number of aliphatic hydroxyl groups is 1. The lowest BCUT2D eigenvalue weighted by molar-refractivity contribution is -0.0778. The molecule has 0 saturated carbocycles. The first-order valence-corrected chi connectivity index (χ1v) is 12.2. The molecule has 1 aliphatic rings. The fraction of sp³-hybridized carbons (Fsp3) is 0.375. The topological polar surface area (TPSA) is 115 Å². The summed E-state index contributed by atoms with van der Waals surface area (Å²) in [5, 5.41) is 20.5. The fourth-order valence-electron chi connectivity index (χ4n) is 4.43. The van der Waals surface area contributed by atoms with Crippen LogP contribution >= 0.6 is 11.3 Å². The van der Waals surface area contributed by atoms with Gasteiger partial charge in [-0.15, -0.1) is 11.3 Å². The van der Waals surface area contributed by atoms with E-state index < -0.39 is 12.0 Å². The number of amides is 1. The van der Waals surface area contributed by atoms with E-state index >= 15 is 0 Å². The van der Waals surface area contributed by atoms with Gasteiger partial charge in [-0.3, -0.25) is 14.4 Å². The van der Waals surface area contributed by atoms with Crippen molar-refractivity contribution in [3.05, 3.63) is 67.8 Å². The van der Waals surface area contributed by atoms with Gasteiger partial charge in [-0.2, -0.15) is 10.2 Å². The van der Waals surface area contributed by atoms with Gasteiger partial charge in [0.1, 0.15) is 12.7 Å². The van der Waals surface area contributed by atoms with E-state index in [0.717, 1.165) is 32.6 Å². The van der Waals surface area contributed by atoms with Crippen LogP contribution in [0.2, 0.25) is 0 Å². The van der Waals surface area contributed by atoms with Crippen molar-refractivity contribution in [3.63, 3.8) is 0 Å². The van der Waals surface area contributed by atoms with Gasteiger partial charge < -0.3 is 5.11 Å². The van der Waals surface area contributed by atoms with Crippen LogP contribution in [0.1, 0.15) is 44.8 Å². The standard InChI is InChI=1S/C24H26N6O4S/c1-5-17-22-21(23(32)28(4)27-17)20(24(33)29-11-15(31)12-34-29)18(35-22)10-16-13(2)26-30(14(16)3)19-8-6-7-9-25-19/h6-9,15,31H,5,10-12H2,1-4H3. The first-order chi connectivity index (χ1) is 16.8. The molecule has 4 aromatic rings. The summed E-state index contributed by atoms with van der Waals surface area (Å²) in [7, 11) is 1.59. The second kappa shape index (κ2) is 8.99. The van der Waals surface area contributed by atoms with E-state index in [0.29, 0.717) is 34.3 Å². The number of fused-ring (bicyclic) bond motifs is 1. The zero-order valence-corrected chi connectivity index (χ0v) is 20.8. The molecule has 5 heterocycles. The van der Waals surface area contributed by atoms with Gasteiger partial charge in [0.15, 0.2) is 5.82 Å². The summed E-state index contributed by atoms with van der Waals surface area (Å²) in [6, 6.07) is 5.64. The van der Waals surface area contributed by atoms with Crippen LogP contribution in [0.4, 0.5) is 0 Å². The van der Waals surface area contributed by atoms with Crippen molar-refractivity contribution in [2.24, 2.45) is 7.05 Å². The first kappa shape index (κ1) is 23.3. The minimum atomic E-state index is -0.760. The summed E-state index contributed by atoms with van der Waals surface area (Å²) < 4.78 is 3.78. The molecule has 1 unspecified atom stereocenters. The summed E-state index contributed by atoms with van der Waals surface area (Å²) in [5.74, 6) is 0.276. The number of nitrogens with zero attached hydrogens (tertiary/aromatic N) is 6. The van der Waals surface area contributed by atoms with Gasteiger partial charge in [0.2, 0.25) is 0 Å². The van der Waals surface area contributed by atoms with E-state index in [-0.39, 0.29) is 18.7 Å². The van der Waals surface area contributed by atoms with Crippen LogP contribution in [0.15, 0.2) is 29.2 Å². The van der Waals surface area contributed by atoms with Crippen LogP contribution < -0.4 is 5.56 Å². The third-order valence-corrected chi connectivity index (χ3v) is 7.48. The Morgan fingerprint density at radius 1 is 1.29 bits per heavy atom. The van der Waals surface area contributed by atoms with Gasteiger partial charge in [0.25, 0.3) is 11.5 Å². The third-order valence-electron chi connectivity index (χ3n) is 6.24. The van der Waals surface area contributed by atoms with E-state index in [9.17, 15) is 14.7 Å². The zero-order valence-electron chi connectivity index (χ0n) is 20.0. The molecule has 1 N–H and O–H groups in total. The lowest BCUT2D eigenvalue weighted by Gasteiger charge is -2.15. The van der Waals surface area contributed by atoms with Crippen LogP contribution in [0.5, 0.6) is 0 Å². The highest BCUT2D eigenvalue weighted by Gasteiger charge is 2.33. The predicted molar refractivity (Wildman–Crippen MR) is 131 cm³/mol. The molecule has 0 radical (unpaired) electrons. The van der Waals surface area contributed by atoms with Gasteiger partial charge in [0.05, 0.1) is 33.6 Å². The van der Waals surface area contributed by atoms with Crippen molar-refractivity contribution in [3.8, 4) is 5.82 Å². The van der Waals surface area contributed by atoms with E-state index in [1.165, 1.54) is 16.0 Å². The van der Waals surface area contributed by atoms with Crippen LogP contribution in [-0.4, -0.2) is 59.9 Å². The number of rotatable bonds is 5. The largest absolute Gasteiger partial charge is 0.389 e. The highest BCUT2D eigenvalue weighted by atomic mass is 32.1. The van der Waals surface area contributed by atoms with Crippen molar-refractivity contribution in [2.45, 2.75) is 39.7 Å². The molecular weight excluding hydrogens is 468 g/mol. The van der Waals surface area contributed by atoms with E-state index in [4.69, 9.17) is 4.84 Å². The molecule has 1 saturated heterocycles. The summed E-state index contributed by atoms with van der Waals surface area (Å²) in [6.07, 6.45) is 1.98.